The Hall–Kier alpha value is -2.01. The number of pyridine rings is 1. The summed E-state index contributed by atoms with van der Waals surface area (Å²) in [6.45, 7) is 16.2. The summed E-state index contributed by atoms with van der Waals surface area (Å²) >= 11 is 1.64. The van der Waals surface area contributed by atoms with Gasteiger partial charge in [-0.05, 0) is 56.6 Å². The highest BCUT2D eigenvalue weighted by Crippen LogP contribution is 2.32. The van der Waals surface area contributed by atoms with Crippen molar-refractivity contribution in [2.24, 2.45) is 5.41 Å². The van der Waals surface area contributed by atoms with Crippen LogP contribution in [-0.4, -0.2) is 59.0 Å². The second kappa shape index (κ2) is 10.3. The second-order valence-electron chi connectivity index (χ2n) is 8.92. The van der Waals surface area contributed by atoms with E-state index in [-0.39, 0.29) is 0 Å². The Labute approximate surface area is 184 Å². The first kappa shape index (κ1) is 22.7. The second-order valence-corrected chi connectivity index (χ2v) is 9.78. The molecule has 0 aliphatic carbocycles. The number of nitrogens with one attached hydrogen (secondary N) is 1. The van der Waals surface area contributed by atoms with Crippen molar-refractivity contribution >= 4 is 22.2 Å². The van der Waals surface area contributed by atoms with E-state index in [4.69, 9.17) is 10.2 Å². The van der Waals surface area contributed by atoms with E-state index < -0.39 is 0 Å². The summed E-state index contributed by atoms with van der Waals surface area (Å²) < 4.78 is 0. The van der Waals surface area contributed by atoms with Crippen LogP contribution < -0.4 is 5.32 Å². The Bertz CT molecular complexity index is 826. The lowest BCUT2D eigenvalue weighted by Crippen LogP contribution is -2.44. The lowest BCUT2D eigenvalue weighted by Gasteiger charge is -2.39. The van der Waals surface area contributed by atoms with E-state index in [1.165, 1.54) is 18.5 Å². The molecule has 0 radical (unpaired) electrons. The largest absolute Gasteiger partial charge is 0.330 e. The predicted octanol–water partition coefficient (Wildman–Crippen LogP) is 4.70. The van der Waals surface area contributed by atoms with Crippen LogP contribution in [0.5, 0.6) is 0 Å². The summed E-state index contributed by atoms with van der Waals surface area (Å²) in [7, 11) is 0. The summed E-state index contributed by atoms with van der Waals surface area (Å²) in [6, 6.07) is 5.62. The number of hydrogen-bond donors (Lipinski definition) is 1. The van der Waals surface area contributed by atoms with Gasteiger partial charge in [0.05, 0.1) is 17.6 Å². The van der Waals surface area contributed by atoms with Crippen molar-refractivity contribution in [3.8, 4) is 6.07 Å². The Morgan fingerprint density at radius 1 is 1.27 bits per heavy atom. The molecule has 0 atom stereocenters. The Balaban J connectivity index is 1.50. The maximum atomic E-state index is 8.86. The maximum absolute atomic E-state index is 8.86. The van der Waals surface area contributed by atoms with Crippen LogP contribution in [0.25, 0.3) is 0 Å². The van der Waals surface area contributed by atoms with Crippen LogP contribution in [-0.2, 0) is 0 Å². The minimum absolute atomic E-state index is 0.311. The summed E-state index contributed by atoms with van der Waals surface area (Å²) in [5.74, 6) is 0.540. The number of thiazole rings is 1. The zero-order chi connectivity index (χ0) is 21.6. The van der Waals surface area contributed by atoms with Crippen molar-refractivity contribution in [3.05, 3.63) is 35.1 Å². The van der Waals surface area contributed by atoms with Crippen molar-refractivity contribution < 1.29 is 0 Å². The average molecular weight is 427 g/mol. The fourth-order valence-corrected chi connectivity index (χ4v) is 5.10. The highest BCUT2D eigenvalue weighted by atomic mass is 32.1. The van der Waals surface area contributed by atoms with Gasteiger partial charge in [-0.25, -0.2) is 9.97 Å². The van der Waals surface area contributed by atoms with E-state index in [1.54, 1.807) is 23.6 Å². The molecule has 162 valence electrons. The summed E-state index contributed by atoms with van der Waals surface area (Å²) in [4.78, 5) is 14.1. The molecule has 1 aliphatic rings. The van der Waals surface area contributed by atoms with Crippen molar-refractivity contribution in [2.45, 2.75) is 46.5 Å². The molecule has 2 aromatic heterocycles. The van der Waals surface area contributed by atoms with Crippen LogP contribution >= 0.6 is 11.3 Å². The van der Waals surface area contributed by atoms with Gasteiger partial charge in [0.2, 0.25) is 0 Å². The fraction of sp³-hybridized carbons (Fsp3) is 0.609. The van der Waals surface area contributed by atoms with Gasteiger partial charge in [0.1, 0.15) is 11.8 Å². The maximum Gasteiger partial charge on any atom is 0.187 e. The van der Waals surface area contributed by atoms with E-state index >= 15 is 0 Å². The number of likely N-dealkylation sites (tertiary alicyclic amines) is 1. The monoisotopic (exact) mass is 426 g/mol. The smallest absolute Gasteiger partial charge is 0.187 e. The van der Waals surface area contributed by atoms with E-state index in [0.717, 1.165) is 50.1 Å². The van der Waals surface area contributed by atoms with E-state index in [1.807, 2.05) is 12.1 Å². The molecule has 0 amide bonds. The third kappa shape index (κ3) is 6.24. The summed E-state index contributed by atoms with van der Waals surface area (Å²) in [5.41, 5.74) is 2.80. The number of aromatic nitrogens is 2. The minimum atomic E-state index is 0.311. The lowest BCUT2D eigenvalue weighted by atomic mass is 9.88. The van der Waals surface area contributed by atoms with Gasteiger partial charge in [-0.15, -0.1) is 11.3 Å². The molecule has 3 rings (SSSR count). The van der Waals surface area contributed by atoms with E-state index in [9.17, 15) is 0 Å². The molecule has 0 bridgehead atoms. The van der Waals surface area contributed by atoms with Gasteiger partial charge >= 0.3 is 0 Å². The van der Waals surface area contributed by atoms with Crippen molar-refractivity contribution in [3.63, 3.8) is 0 Å². The topological polar surface area (TPSA) is 68.1 Å². The van der Waals surface area contributed by atoms with Crippen molar-refractivity contribution in [2.75, 3.05) is 44.6 Å². The number of nitriles is 1. The predicted molar refractivity (Wildman–Crippen MR) is 124 cm³/mol. The Morgan fingerprint density at radius 3 is 2.60 bits per heavy atom. The lowest BCUT2D eigenvalue weighted by molar-refractivity contribution is 0.107. The number of rotatable bonds is 9. The quantitative estimate of drug-likeness (QED) is 0.627. The zero-order valence-electron chi connectivity index (χ0n) is 18.7. The summed E-state index contributed by atoms with van der Waals surface area (Å²) in [6.07, 6.45) is 4.02. The first-order valence-electron chi connectivity index (χ1n) is 11.0. The molecule has 2 aromatic rings. The normalized spacial score (nSPS) is 16.0. The highest BCUT2D eigenvalue weighted by molar-refractivity contribution is 7.13. The van der Waals surface area contributed by atoms with Crippen LogP contribution in [0.3, 0.4) is 0 Å². The number of hydrogen-bond acceptors (Lipinski definition) is 7. The summed E-state index contributed by atoms with van der Waals surface area (Å²) in [5, 5.41) is 15.2. The SMILES string of the molecule is CCN(CC)CC(C)(C)CN1CCC(c2csc(Nc3ccc(C#N)nc3)n2)CC1. The number of nitrogens with zero attached hydrogens (tertiary/aromatic N) is 5. The number of anilines is 2. The molecule has 1 fully saturated rings. The first-order chi connectivity index (χ1) is 14.4. The molecule has 30 heavy (non-hydrogen) atoms. The van der Waals surface area contributed by atoms with Crippen LogP contribution in [0.4, 0.5) is 10.8 Å². The molecule has 3 heterocycles. The third-order valence-corrected chi connectivity index (χ3v) is 6.63. The van der Waals surface area contributed by atoms with Gasteiger partial charge in [0, 0.05) is 24.4 Å². The van der Waals surface area contributed by atoms with E-state index in [2.05, 4.69) is 53.2 Å². The molecule has 7 heteroatoms. The average Bonchev–Trinajstić information content (AvgIpc) is 3.21. The fourth-order valence-electron chi connectivity index (χ4n) is 4.28. The molecule has 1 saturated heterocycles. The van der Waals surface area contributed by atoms with Gasteiger partial charge in [-0.1, -0.05) is 27.7 Å². The van der Waals surface area contributed by atoms with Crippen LogP contribution in [0.1, 0.15) is 57.8 Å². The van der Waals surface area contributed by atoms with Gasteiger partial charge in [-0.3, -0.25) is 0 Å². The molecule has 0 spiro atoms. The standard InChI is InChI=1S/C23H34N6S/c1-5-28(6-2)16-23(3,4)17-29-11-9-18(10-12-29)21-15-30-22(27-21)26-20-8-7-19(13-24)25-14-20/h7-8,14-15,18H,5-6,9-12,16-17H2,1-4H3,(H,26,27). The third-order valence-electron chi connectivity index (χ3n) is 5.85. The number of piperidine rings is 1. The molecule has 0 saturated carbocycles. The van der Waals surface area contributed by atoms with Gasteiger partial charge in [-0.2, -0.15) is 5.26 Å². The molecule has 1 N–H and O–H groups in total. The molecule has 0 aromatic carbocycles. The van der Waals surface area contributed by atoms with Crippen LogP contribution in [0.15, 0.2) is 23.7 Å². The minimum Gasteiger partial charge on any atom is -0.330 e. The Kier molecular flexibility index (Phi) is 7.81. The van der Waals surface area contributed by atoms with Gasteiger partial charge in [0.15, 0.2) is 5.13 Å². The molecular formula is C23H34N6S. The molecule has 6 nitrogen and oxygen atoms in total. The molecule has 1 aliphatic heterocycles. The Morgan fingerprint density at radius 2 is 2.00 bits per heavy atom. The van der Waals surface area contributed by atoms with Gasteiger partial charge in [0.25, 0.3) is 0 Å². The van der Waals surface area contributed by atoms with Crippen LogP contribution in [0, 0.1) is 16.7 Å². The zero-order valence-corrected chi connectivity index (χ0v) is 19.5. The molecule has 0 unspecified atom stereocenters. The van der Waals surface area contributed by atoms with Crippen molar-refractivity contribution in [1.82, 2.24) is 19.8 Å². The van der Waals surface area contributed by atoms with E-state index in [0.29, 0.717) is 17.0 Å². The molecular weight excluding hydrogens is 392 g/mol. The van der Waals surface area contributed by atoms with Crippen LogP contribution in [0.2, 0.25) is 0 Å². The first-order valence-corrected chi connectivity index (χ1v) is 11.8. The highest BCUT2D eigenvalue weighted by Gasteiger charge is 2.28. The van der Waals surface area contributed by atoms with Gasteiger partial charge < -0.3 is 15.1 Å². The van der Waals surface area contributed by atoms with Crippen molar-refractivity contribution in [1.29, 1.82) is 5.26 Å².